The number of nitrogens with one attached hydrogen (secondary N) is 1. The molecule has 0 radical (unpaired) electrons. The van der Waals surface area contributed by atoms with Gasteiger partial charge in [-0.1, -0.05) is 61.7 Å². The van der Waals surface area contributed by atoms with E-state index in [1.807, 2.05) is 42.5 Å². The van der Waals surface area contributed by atoms with E-state index in [-0.39, 0.29) is 0 Å². The Kier molecular flexibility index (Phi) is 4.20. The lowest BCUT2D eigenvalue weighted by molar-refractivity contribution is -0.140. The van der Waals surface area contributed by atoms with Crippen molar-refractivity contribution in [1.82, 2.24) is 5.32 Å². The van der Waals surface area contributed by atoms with E-state index in [1.54, 1.807) is 0 Å². The number of benzene rings is 2. The molecule has 2 aromatic rings. The lowest BCUT2D eigenvalue weighted by Gasteiger charge is -2.27. The summed E-state index contributed by atoms with van der Waals surface area (Å²) in [5.74, 6) is -0.795. The predicted octanol–water partition coefficient (Wildman–Crippen LogP) is 3.89. The van der Waals surface area contributed by atoms with Crippen molar-refractivity contribution in [2.24, 2.45) is 0 Å². The van der Waals surface area contributed by atoms with Crippen molar-refractivity contribution in [3.63, 3.8) is 0 Å². The summed E-state index contributed by atoms with van der Waals surface area (Å²) < 4.78 is 0. The average Bonchev–Trinajstić information content (AvgIpc) is 2.53. The van der Waals surface area contributed by atoms with Crippen molar-refractivity contribution in [2.75, 3.05) is 0 Å². The molecular weight excluding hydrogens is 262 g/mol. The van der Waals surface area contributed by atoms with E-state index in [9.17, 15) is 9.90 Å². The molecule has 3 nitrogen and oxygen atoms in total. The third-order valence-electron chi connectivity index (χ3n) is 4.39. The first-order valence-corrected chi connectivity index (χ1v) is 7.72. The van der Waals surface area contributed by atoms with Crippen LogP contribution in [0, 0.1) is 0 Å². The summed E-state index contributed by atoms with van der Waals surface area (Å²) in [5.41, 5.74) is 0.867. The van der Waals surface area contributed by atoms with Crippen molar-refractivity contribution in [1.29, 1.82) is 0 Å². The van der Waals surface area contributed by atoms with Gasteiger partial charge in [0, 0.05) is 6.04 Å². The van der Waals surface area contributed by atoms with Gasteiger partial charge in [-0.3, -0.25) is 10.1 Å². The number of carbonyl (C=O) groups is 1. The molecule has 2 aromatic carbocycles. The number of fused-ring (bicyclic) bond motifs is 1. The molecule has 3 rings (SSSR count). The van der Waals surface area contributed by atoms with Crippen molar-refractivity contribution < 1.29 is 9.90 Å². The minimum Gasteiger partial charge on any atom is -0.480 e. The highest BCUT2D eigenvalue weighted by Gasteiger charge is 2.25. The zero-order chi connectivity index (χ0) is 14.7. The van der Waals surface area contributed by atoms with Crippen molar-refractivity contribution in [3.05, 3.63) is 48.0 Å². The summed E-state index contributed by atoms with van der Waals surface area (Å²) in [4.78, 5) is 11.8. The van der Waals surface area contributed by atoms with Gasteiger partial charge in [0.15, 0.2) is 0 Å². The molecule has 0 bridgehead atoms. The number of hydrogen-bond acceptors (Lipinski definition) is 2. The van der Waals surface area contributed by atoms with Crippen LogP contribution in [0.25, 0.3) is 10.8 Å². The van der Waals surface area contributed by atoms with Crippen LogP contribution in [0.1, 0.15) is 43.7 Å². The molecule has 1 saturated carbocycles. The lowest BCUT2D eigenvalue weighted by atomic mass is 9.93. The van der Waals surface area contributed by atoms with Crippen molar-refractivity contribution >= 4 is 16.7 Å². The van der Waals surface area contributed by atoms with Crippen LogP contribution < -0.4 is 5.32 Å². The van der Waals surface area contributed by atoms with E-state index in [4.69, 9.17) is 0 Å². The van der Waals surface area contributed by atoms with Crippen molar-refractivity contribution in [2.45, 2.75) is 44.2 Å². The first-order chi connectivity index (χ1) is 10.3. The van der Waals surface area contributed by atoms with Crippen LogP contribution in [0.2, 0.25) is 0 Å². The summed E-state index contributed by atoms with van der Waals surface area (Å²) >= 11 is 0. The van der Waals surface area contributed by atoms with Crippen LogP contribution in [-0.2, 0) is 4.79 Å². The summed E-state index contributed by atoms with van der Waals surface area (Å²) in [7, 11) is 0. The quantitative estimate of drug-likeness (QED) is 0.895. The van der Waals surface area contributed by atoms with E-state index in [1.165, 1.54) is 19.3 Å². The molecule has 0 amide bonds. The molecule has 0 aliphatic heterocycles. The Labute approximate surface area is 125 Å². The second-order valence-corrected chi connectivity index (χ2v) is 5.84. The first-order valence-electron chi connectivity index (χ1n) is 7.72. The van der Waals surface area contributed by atoms with E-state index < -0.39 is 12.0 Å². The molecule has 0 spiro atoms. The Balaban J connectivity index is 1.93. The third kappa shape index (κ3) is 3.08. The summed E-state index contributed by atoms with van der Waals surface area (Å²) in [6, 6.07) is 13.6. The Morgan fingerprint density at radius 2 is 1.76 bits per heavy atom. The summed E-state index contributed by atoms with van der Waals surface area (Å²) in [6.07, 6.45) is 5.81. The SMILES string of the molecule is O=C(O)C(NC1CCCCC1)c1cccc2ccccc12. The third-order valence-corrected chi connectivity index (χ3v) is 4.39. The number of carboxylic acid groups (broad SMARTS) is 1. The number of rotatable bonds is 4. The predicted molar refractivity (Wildman–Crippen MR) is 84.3 cm³/mol. The molecule has 3 heteroatoms. The Morgan fingerprint density at radius 1 is 1.05 bits per heavy atom. The highest BCUT2D eigenvalue weighted by Crippen LogP contribution is 2.27. The average molecular weight is 283 g/mol. The molecule has 21 heavy (non-hydrogen) atoms. The van der Waals surface area contributed by atoms with Gasteiger partial charge >= 0.3 is 5.97 Å². The van der Waals surface area contributed by atoms with Gasteiger partial charge in [-0.05, 0) is 29.2 Å². The number of carboxylic acids is 1. The minimum atomic E-state index is -0.795. The van der Waals surface area contributed by atoms with Crippen LogP contribution in [0.3, 0.4) is 0 Å². The maximum absolute atomic E-state index is 11.8. The molecule has 1 aliphatic rings. The molecule has 0 saturated heterocycles. The van der Waals surface area contributed by atoms with Gasteiger partial charge < -0.3 is 5.11 Å². The zero-order valence-electron chi connectivity index (χ0n) is 12.1. The lowest BCUT2D eigenvalue weighted by Crippen LogP contribution is -2.38. The Hall–Kier alpha value is -1.87. The molecule has 2 N–H and O–H groups in total. The first kappa shape index (κ1) is 14.1. The molecule has 0 aromatic heterocycles. The van der Waals surface area contributed by atoms with E-state index >= 15 is 0 Å². The van der Waals surface area contributed by atoms with Gasteiger partial charge in [0.25, 0.3) is 0 Å². The van der Waals surface area contributed by atoms with Crippen LogP contribution >= 0.6 is 0 Å². The fourth-order valence-corrected chi connectivity index (χ4v) is 3.30. The fourth-order valence-electron chi connectivity index (χ4n) is 3.30. The monoisotopic (exact) mass is 283 g/mol. The van der Waals surface area contributed by atoms with E-state index in [2.05, 4.69) is 5.32 Å². The maximum Gasteiger partial charge on any atom is 0.325 e. The minimum absolute atomic E-state index is 0.318. The van der Waals surface area contributed by atoms with Crippen LogP contribution in [-0.4, -0.2) is 17.1 Å². The molecular formula is C18H21NO2. The zero-order valence-corrected chi connectivity index (χ0v) is 12.1. The Morgan fingerprint density at radius 3 is 2.52 bits per heavy atom. The normalized spacial score (nSPS) is 17.7. The van der Waals surface area contributed by atoms with Gasteiger partial charge in [-0.15, -0.1) is 0 Å². The Bertz CT molecular complexity index is 627. The highest BCUT2D eigenvalue weighted by atomic mass is 16.4. The van der Waals surface area contributed by atoms with Gasteiger partial charge in [-0.2, -0.15) is 0 Å². The van der Waals surface area contributed by atoms with Gasteiger partial charge in [0.05, 0.1) is 0 Å². The van der Waals surface area contributed by atoms with E-state index in [0.717, 1.165) is 29.2 Å². The van der Waals surface area contributed by atoms with E-state index in [0.29, 0.717) is 6.04 Å². The van der Waals surface area contributed by atoms with Gasteiger partial charge in [0.2, 0.25) is 0 Å². The number of hydrogen-bond donors (Lipinski definition) is 2. The summed E-state index contributed by atoms with van der Waals surface area (Å²) in [5, 5.41) is 15.1. The smallest absolute Gasteiger partial charge is 0.325 e. The van der Waals surface area contributed by atoms with Crippen molar-refractivity contribution in [3.8, 4) is 0 Å². The standard InChI is InChI=1S/C18H21NO2/c20-18(21)17(19-14-9-2-1-3-10-14)16-12-6-8-13-7-4-5-11-15(13)16/h4-8,11-12,14,17,19H,1-3,9-10H2,(H,20,21). The molecule has 1 aliphatic carbocycles. The molecule has 1 atom stereocenters. The fraction of sp³-hybridized carbons (Fsp3) is 0.389. The van der Waals surface area contributed by atoms with Crippen LogP contribution in [0.15, 0.2) is 42.5 Å². The molecule has 1 fully saturated rings. The number of aliphatic carboxylic acids is 1. The van der Waals surface area contributed by atoms with Crippen LogP contribution in [0.4, 0.5) is 0 Å². The largest absolute Gasteiger partial charge is 0.480 e. The second kappa shape index (κ2) is 6.27. The van der Waals surface area contributed by atoms with Gasteiger partial charge in [0.1, 0.15) is 6.04 Å². The maximum atomic E-state index is 11.8. The molecule has 0 heterocycles. The van der Waals surface area contributed by atoms with Crippen LogP contribution in [0.5, 0.6) is 0 Å². The topological polar surface area (TPSA) is 49.3 Å². The highest BCUT2D eigenvalue weighted by molar-refractivity contribution is 5.90. The summed E-state index contributed by atoms with van der Waals surface area (Å²) in [6.45, 7) is 0. The molecule has 110 valence electrons. The molecule has 1 unspecified atom stereocenters. The second-order valence-electron chi connectivity index (χ2n) is 5.84. The van der Waals surface area contributed by atoms with Gasteiger partial charge in [-0.25, -0.2) is 0 Å².